The zero-order chi connectivity index (χ0) is 13.2. The third kappa shape index (κ3) is 2.83. The van der Waals surface area contributed by atoms with Crippen LogP contribution in [0.4, 0.5) is 0 Å². The van der Waals surface area contributed by atoms with E-state index in [2.05, 4.69) is 5.32 Å². The minimum absolute atomic E-state index is 0.0375. The lowest BCUT2D eigenvalue weighted by Crippen LogP contribution is -2.51. The summed E-state index contributed by atoms with van der Waals surface area (Å²) in [5.74, 6) is 0.0586. The number of hydrogen-bond donors (Lipinski definition) is 2. The van der Waals surface area contributed by atoms with Gasteiger partial charge in [-0.1, -0.05) is 6.92 Å². The molecule has 2 amide bonds. The molecule has 1 heterocycles. The van der Waals surface area contributed by atoms with E-state index in [1.165, 1.54) is 0 Å². The van der Waals surface area contributed by atoms with Crippen molar-refractivity contribution < 1.29 is 9.59 Å². The second-order valence-corrected chi connectivity index (χ2v) is 5.54. The van der Waals surface area contributed by atoms with Gasteiger partial charge in [-0.3, -0.25) is 9.59 Å². The van der Waals surface area contributed by atoms with Crippen molar-refractivity contribution in [3.63, 3.8) is 0 Å². The van der Waals surface area contributed by atoms with Crippen LogP contribution in [-0.2, 0) is 9.59 Å². The monoisotopic (exact) mass is 253 g/mol. The lowest BCUT2D eigenvalue weighted by Gasteiger charge is -2.33. The van der Waals surface area contributed by atoms with Gasteiger partial charge in [-0.15, -0.1) is 0 Å². The Balaban J connectivity index is 1.88. The molecule has 3 N–H and O–H groups in total. The van der Waals surface area contributed by atoms with Gasteiger partial charge in [-0.25, -0.2) is 0 Å². The summed E-state index contributed by atoms with van der Waals surface area (Å²) in [6.45, 7) is 4.02. The van der Waals surface area contributed by atoms with E-state index in [-0.39, 0.29) is 17.7 Å². The Labute approximate surface area is 108 Å². The highest BCUT2D eigenvalue weighted by atomic mass is 16.2. The molecular formula is C13H23N3O2. The number of rotatable bonds is 4. The molecule has 0 aromatic rings. The van der Waals surface area contributed by atoms with Crippen LogP contribution < -0.4 is 11.1 Å². The second kappa shape index (κ2) is 5.26. The molecule has 102 valence electrons. The van der Waals surface area contributed by atoms with Crippen molar-refractivity contribution >= 4 is 11.8 Å². The molecule has 1 unspecified atom stereocenters. The van der Waals surface area contributed by atoms with Crippen molar-refractivity contribution in [2.75, 3.05) is 19.6 Å². The lowest BCUT2D eigenvalue weighted by molar-refractivity contribution is -0.137. The van der Waals surface area contributed by atoms with Crippen molar-refractivity contribution in [3.8, 4) is 0 Å². The van der Waals surface area contributed by atoms with Gasteiger partial charge < -0.3 is 16.0 Å². The number of carbonyl (C=O) groups is 2. The highest BCUT2D eigenvalue weighted by Gasteiger charge is 2.48. The summed E-state index contributed by atoms with van der Waals surface area (Å²) in [7, 11) is 0. The quantitative estimate of drug-likeness (QED) is 0.753. The van der Waals surface area contributed by atoms with Gasteiger partial charge >= 0.3 is 0 Å². The average Bonchev–Trinajstić information content (AvgIpc) is 3.14. The topological polar surface area (TPSA) is 75.4 Å². The van der Waals surface area contributed by atoms with E-state index in [4.69, 9.17) is 5.73 Å². The number of nitrogens with zero attached hydrogens (tertiary/aromatic N) is 1. The highest BCUT2D eigenvalue weighted by molar-refractivity contribution is 5.90. The Hall–Kier alpha value is -1.10. The van der Waals surface area contributed by atoms with Crippen molar-refractivity contribution in [2.45, 2.75) is 44.6 Å². The number of nitrogens with one attached hydrogen (secondary N) is 1. The first-order valence-electron chi connectivity index (χ1n) is 6.93. The molecule has 0 spiro atoms. The Kier molecular flexibility index (Phi) is 3.90. The maximum absolute atomic E-state index is 12.1. The smallest absolute Gasteiger partial charge is 0.242 e. The first-order chi connectivity index (χ1) is 8.57. The van der Waals surface area contributed by atoms with Crippen molar-refractivity contribution in [2.24, 2.45) is 11.7 Å². The van der Waals surface area contributed by atoms with Crippen molar-refractivity contribution in [1.29, 1.82) is 0 Å². The van der Waals surface area contributed by atoms with Gasteiger partial charge in [0, 0.05) is 19.6 Å². The SMILES string of the molecule is CCCNC(=O)C1CCCN(C(=O)C2(N)CC2)C1. The molecule has 0 radical (unpaired) electrons. The lowest BCUT2D eigenvalue weighted by atomic mass is 9.96. The van der Waals surface area contributed by atoms with Gasteiger partial charge in [0.2, 0.25) is 11.8 Å². The third-order valence-electron chi connectivity index (χ3n) is 3.84. The van der Waals surface area contributed by atoms with Crippen LogP contribution in [0, 0.1) is 5.92 Å². The normalized spacial score (nSPS) is 25.7. The highest BCUT2D eigenvalue weighted by Crippen LogP contribution is 2.35. The van der Waals surface area contributed by atoms with Crippen LogP contribution >= 0.6 is 0 Å². The first kappa shape index (κ1) is 13.3. The summed E-state index contributed by atoms with van der Waals surface area (Å²) >= 11 is 0. The van der Waals surface area contributed by atoms with Crippen molar-refractivity contribution in [3.05, 3.63) is 0 Å². The van der Waals surface area contributed by atoms with Gasteiger partial charge in [0.15, 0.2) is 0 Å². The fraction of sp³-hybridized carbons (Fsp3) is 0.846. The minimum Gasteiger partial charge on any atom is -0.356 e. The number of amides is 2. The van der Waals surface area contributed by atoms with E-state index >= 15 is 0 Å². The summed E-state index contributed by atoms with van der Waals surface area (Å²) in [5, 5.41) is 2.91. The Morgan fingerprint density at radius 1 is 1.44 bits per heavy atom. The van der Waals surface area contributed by atoms with E-state index in [0.29, 0.717) is 13.1 Å². The molecule has 0 aromatic heterocycles. The zero-order valence-corrected chi connectivity index (χ0v) is 11.1. The standard InChI is InChI=1S/C13H23N3O2/c1-2-7-15-11(17)10-4-3-8-16(9-10)12(18)13(14)5-6-13/h10H,2-9,14H2,1H3,(H,15,17). The summed E-state index contributed by atoms with van der Waals surface area (Å²) in [6.07, 6.45) is 4.28. The van der Waals surface area contributed by atoms with E-state index in [9.17, 15) is 9.59 Å². The maximum Gasteiger partial charge on any atom is 0.242 e. The molecular weight excluding hydrogens is 230 g/mol. The molecule has 0 bridgehead atoms. The maximum atomic E-state index is 12.1. The van der Waals surface area contributed by atoms with Crippen LogP contribution in [0.3, 0.4) is 0 Å². The van der Waals surface area contributed by atoms with E-state index in [1.807, 2.05) is 6.92 Å². The molecule has 1 saturated carbocycles. The number of hydrogen-bond acceptors (Lipinski definition) is 3. The molecule has 2 rings (SSSR count). The van der Waals surface area contributed by atoms with Gasteiger partial charge in [0.25, 0.3) is 0 Å². The number of carbonyl (C=O) groups excluding carboxylic acids is 2. The number of nitrogens with two attached hydrogens (primary N) is 1. The van der Waals surface area contributed by atoms with E-state index in [1.54, 1.807) is 4.90 Å². The molecule has 2 aliphatic rings. The number of piperidine rings is 1. The van der Waals surface area contributed by atoms with Crippen LogP contribution in [0.25, 0.3) is 0 Å². The molecule has 1 aliphatic carbocycles. The fourth-order valence-electron chi connectivity index (χ4n) is 2.43. The summed E-state index contributed by atoms with van der Waals surface area (Å²) in [4.78, 5) is 25.8. The Bertz CT molecular complexity index is 339. The van der Waals surface area contributed by atoms with Gasteiger partial charge in [-0.05, 0) is 32.1 Å². The molecule has 0 aromatic carbocycles. The van der Waals surface area contributed by atoms with Crippen LogP contribution in [0.15, 0.2) is 0 Å². The first-order valence-corrected chi connectivity index (χ1v) is 6.93. The summed E-state index contributed by atoms with van der Waals surface area (Å²) in [6, 6.07) is 0. The van der Waals surface area contributed by atoms with Crippen LogP contribution in [-0.4, -0.2) is 41.9 Å². The number of likely N-dealkylation sites (tertiary alicyclic amines) is 1. The molecule has 2 fully saturated rings. The van der Waals surface area contributed by atoms with Crippen LogP contribution in [0.2, 0.25) is 0 Å². The van der Waals surface area contributed by atoms with E-state index < -0.39 is 5.54 Å². The van der Waals surface area contributed by atoms with Gasteiger partial charge in [-0.2, -0.15) is 0 Å². The molecule has 5 nitrogen and oxygen atoms in total. The zero-order valence-electron chi connectivity index (χ0n) is 11.1. The summed E-state index contributed by atoms with van der Waals surface area (Å²) in [5.41, 5.74) is 5.32. The molecule has 1 aliphatic heterocycles. The van der Waals surface area contributed by atoms with E-state index in [0.717, 1.165) is 38.6 Å². The Morgan fingerprint density at radius 3 is 2.78 bits per heavy atom. The predicted molar refractivity (Wildman–Crippen MR) is 68.8 cm³/mol. The Morgan fingerprint density at radius 2 is 2.17 bits per heavy atom. The predicted octanol–water partition coefficient (Wildman–Crippen LogP) is 0.243. The van der Waals surface area contributed by atoms with Crippen LogP contribution in [0.5, 0.6) is 0 Å². The van der Waals surface area contributed by atoms with Gasteiger partial charge in [0.05, 0.1) is 11.5 Å². The molecule has 5 heteroatoms. The summed E-state index contributed by atoms with van der Waals surface area (Å²) < 4.78 is 0. The average molecular weight is 253 g/mol. The molecule has 1 atom stereocenters. The van der Waals surface area contributed by atoms with Gasteiger partial charge in [0.1, 0.15) is 0 Å². The minimum atomic E-state index is -0.609. The molecule has 18 heavy (non-hydrogen) atoms. The molecule has 1 saturated heterocycles. The fourth-order valence-corrected chi connectivity index (χ4v) is 2.43. The van der Waals surface area contributed by atoms with Crippen LogP contribution in [0.1, 0.15) is 39.0 Å². The van der Waals surface area contributed by atoms with Crippen molar-refractivity contribution in [1.82, 2.24) is 10.2 Å². The largest absolute Gasteiger partial charge is 0.356 e. The second-order valence-electron chi connectivity index (χ2n) is 5.54. The third-order valence-corrected chi connectivity index (χ3v) is 3.84.